The molecule has 0 unspecified atom stereocenters. The third-order valence-corrected chi connectivity index (χ3v) is 3.16. The molecular formula is C11H22N2O2. The molecule has 0 atom stereocenters. The summed E-state index contributed by atoms with van der Waals surface area (Å²) in [5.74, 6) is 0.0311. The van der Waals surface area contributed by atoms with Gasteiger partial charge in [0.05, 0.1) is 6.54 Å². The molecule has 1 amide bonds. The number of amides is 1. The third-order valence-electron chi connectivity index (χ3n) is 3.16. The van der Waals surface area contributed by atoms with Crippen LogP contribution in [0.2, 0.25) is 0 Å². The fourth-order valence-electron chi connectivity index (χ4n) is 2.22. The standard InChI is InChI=1S/C11H22N2O2/c1-2-13-10(15)7-12-8-11(9-14)5-3-4-6-11/h12,14H,2-9H2,1H3,(H,13,15). The van der Waals surface area contributed by atoms with Gasteiger partial charge in [-0.1, -0.05) is 12.8 Å². The zero-order valence-electron chi connectivity index (χ0n) is 9.51. The molecule has 0 radical (unpaired) electrons. The van der Waals surface area contributed by atoms with E-state index in [1.54, 1.807) is 0 Å². The van der Waals surface area contributed by atoms with Gasteiger partial charge in [0.2, 0.25) is 5.91 Å². The fourth-order valence-corrected chi connectivity index (χ4v) is 2.22. The molecule has 0 heterocycles. The van der Waals surface area contributed by atoms with Gasteiger partial charge in [0, 0.05) is 25.1 Å². The largest absolute Gasteiger partial charge is 0.396 e. The Kier molecular flexibility index (Phi) is 5.05. The van der Waals surface area contributed by atoms with Crippen LogP contribution in [0.25, 0.3) is 0 Å². The van der Waals surface area contributed by atoms with Crippen LogP contribution in [0.15, 0.2) is 0 Å². The van der Waals surface area contributed by atoms with Crippen molar-refractivity contribution >= 4 is 5.91 Å². The molecule has 0 bridgehead atoms. The zero-order valence-corrected chi connectivity index (χ0v) is 9.51. The lowest BCUT2D eigenvalue weighted by Crippen LogP contribution is -2.40. The molecule has 0 spiro atoms. The molecule has 4 nitrogen and oxygen atoms in total. The van der Waals surface area contributed by atoms with Gasteiger partial charge < -0.3 is 15.7 Å². The summed E-state index contributed by atoms with van der Waals surface area (Å²) in [5.41, 5.74) is 0.0342. The minimum Gasteiger partial charge on any atom is -0.396 e. The Morgan fingerprint density at radius 2 is 2.07 bits per heavy atom. The predicted octanol–water partition coefficient (Wildman–Crippen LogP) is 0.265. The Hall–Kier alpha value is -0.610. The second kappa shape index (κ2) is 6.08. The molecule has 1 saturated carbocycles. The monoisotopic (exact) mass is 214 g/mol. The number of likely N-dealkylation sites (N-methyl/N-ethyl adjacent to an activating group) is 1. The average Bonchev–Trinajstić information content (AvgIpc) is 2.68. The highest BCUT2D eigenvalue weighted by Crippen LogP contribution is 2.36. The van der Waals surface area contributed by atoms with Crippen LogP contribution in [0.5, 0.6) is 0 Å². The Bertz CT molecular complexity index is 201. The lowest BCUT2D eigenvalue weighted by Gasteiger charge is -2.26. The third kappa shape index (κ3) is 3.80. The van der Waals surface area contributed by atoms with E-state index in [1.807, 2.05) is 6.92 Å². The summed E-state index contributed by atoms with van der Waals surface area (Å²) in [5, 5.41) is 15.2. The summed E-state index contributed by atoms with van der Waals surface area (Å²) >= 11 is 0. The molecule has 0 aromatic heterocycles. The molecular weight excluding hydrogens is 192 g/mol. The van der Waals surface area contributed by atoms with Gasteiger partial charge in [-0.15, -0.1) is 0 Å². The van der Waals surface area contributed by atoms with E-state index < -0.39 is 0 Å². The van der Waals surface area contributed by atoms with Crippen molar-refractivity contribution in [2.45, 2.75) is 32.6 Å². The normalized spacial score (nSPS) is 19.1. The molecule has 0 aromatic carbocycles. The van der Waals surface area contributed by atoms with Gasteiger partial charge in [-0.2, -0.15) is 0 Å². The van der Waals surface area contributed by atoms with E-state index in [-0.39, 0.29) is 17.9 Å². The van der Waals surface area contributed by atoms with E-state index in [0.717, 1.165) is 19.4 Å². The van der Waals surface area contributed by atoms with Crippen LogP contribution in [0, 0.1) is 5.41 Å². The van der Waals surface area contributed by atoms with Gasteiger partial charge in [0.15, 0.2) is 0 Å². The quantitative estimate of drug-likeness (QED) is 0.594. The second-order valence-electron chi connectivity index (χ2n) is 4.42. The first-order valence-electron chi connectivity index (χ1n) is 5.81. The molecule has 0 saturated heterocycles. The van der Waals surface area contributed by atoms with Gasteiger partial charge in [0.25, 0.3) is 0 Å². The molecule has 1 aliphatic carbocycles. The molecule has 4 heteroatoms. The first-order valence-corrected chi connectivity index (χ1v) is 5.81. The van der Waals surface area contributed by atoms with Crippen LogP contribution >= 0.6 is 0 Å². The highest BCUT2D eigenvalue weighted by molar-refractivity contribution is 5.77. The molecule has 3 N–H and O–H groups in total. The molecule has 1 aliphatic rings. The topological polar surface area (TPSA) is 61.4 Å². The van der Waals surface area contributed by atoms with Crippen LogP contribution in [-0.2, 0) is 4.79 Å². The number of rotatable bonds is 6. The number of carbonyl (C=O) groups is 1. The Morgan fingerprint density at radius 3 is 2.60 bits per heavy atom. The predicted molar refractivity (Wildman–Crippen MR) is 59.5 cm³/mol. The molecule has 88 valence electrons. The van der Waals surface area contributed by atoms with Crippen molar-refractivity contribution in [2.24, 2.45) is 5.41 Å². The van der Waals surface area contributed by atoms with Gasteiger partial charge in [0.1, 0.15) is 0 Å². The highest BCUT2D eigenvalue weighted by atomic mass is 16.3. The van der Waals surface area contributed by atoms with Gasteiger partial charge in [-0.3, -0.25) is 4.79 Å². The van der Waals surface area contributed by atoms with Gasteiger partial charge in [-0.25, -0.2) is 0 Å². The Labute approximate surface area is 91.4 Å². The van der Waals surface area contributed by atoms with Crippen LogP contribution in [-0.4, -0.2) is 37.3 Å². The number of hydrogen-bond donors (Lipinski definition) is 3. The smallest absolute Gasteiger partial charge is 0.233 e. The molecule has 1 rings (SSSR count). The maximum atomic E-state index is 11.2. The Morgan fingerprint density at radius 1 is 1.40 bits per heavy atom. The van der Waals surface area contributed by atoms with Gasteiger partial charge >= 0.3 is 0 Å². The highest BCUT2D eigenvalue weighted by Gasteiger charge is 2.32. The number of aliphatic hydroxyl groups excluding tert-OH is 1. The van der Waals surface area contributed by atoms with Crippen molar-refractivity contribution in [2.75, 3.05) is 26.2 Å². The van der Waals surface area contributed by atoms with E-state index in [9.17, 15) is 9.90 Å². The van der Waals surface area contributed by atoms with Crippen LogP contribution in [0.4, 0.5) is 0 Å². The van der Waals surface area contributed by atoms with E-state index >= 15 is 0 Å². The molecule has 15 heavy (non-hydrogen) atoms. The van der Waals surface area contributed by atoms with Crippen LogP contribution in [0.1, 0.15) is 32.6 Å². The van der Waals surface area contributed by atoms with Crippen molar-refractivity contribution in [3.8, 4) is 0 Å². The molecule has 0 aromatic rings. The lowest BCUT2D eigenvalue weighted by atomic mass is 9.87. The fraction of sp³-hybridized carbons (Fsp3) is 0.909. The Balaban J connectivity index is 2.20. The first-order chi connectivity index (χ1) is 7.22. The van der Waals surface area contributed by atoms with E-state index in [2.05, 4.69) is 10.6 Å². The van der Waals surface area contributed by atoms with E-state index in [4.69, 9.17) is 0 Å². The maximum absolute atomic E-state index is 11.2. The van der Waals surface area contributed by atoms with Crippen molar-refractivity contribution in [1.29, 1.82) is 0 Å². The maximum Gasteiger partial charge on any atom is 0.233 e. The summed E-state index contributed by atoms with van der Waals surface area (Å²) in [6.07, 6.45) is 4.55. The SMILES string of the molecule is CCNC(=O)CNCC1(CO)CCCC1. The van der Waals surface area contributed by atoms with Crippen molar-refractivity contribution in [3.63, 3.8) is 0 Å². The van der Waals surface area contributed by atoms with Crippen molar-refractivity contribution < 1.29 is 9.90 Å². The van der Waals surface area contributed by atoms with Crippen LogP contribution in [0.3, 0.4) is 0 Å². The van der Waals surface area contributed by atoms with Crippen molar-refractivity contribution in [3.05, 3.63) is 0 Å². The minimum atomic E-state index is 0.0311. The molecule has 1 fully saturated rings. The second-order valence-corrected chi connectivity index (χ2v) is 4.42. The summed E-state index contributed by atoms with van der Waals surface area (Å²) in [4.78, 5) is 11.2. The van der Waals surface area contributed by atoms with E-state index in [0.29, 0.717) is 13.1 Å². The summed E-state index contributed by atoms with van der Waals surface area (Å²) in [6, 6.07) is 0. The number of hydrogen-bond acceptors (Lipinski definition) is 3. The number of carbonyl (C=O) groups excluding carboxylic acids is 1. The minimum absolute atomic E-state index is 0.0311. The number of nitrogens with one attached hydrogen (secondary N) is 2. The van der Waals surface area contributed by atoms with Crippen molar-refractivity contribution in [1.82, 2.24) is 10.6 Å². The summed E-state index contributed by atoms with van der Waals surface area (Å²) < 4.78 is 0. The summed E-state index contributed by atoms with van der Waals surface area (Å²) in [6.45, 7) is 3.92. The average molecular weight is 214 g/mol. The summed E-state index contributed by atoms with van der Waals surface area (Å²) in [7, 11) is 0. The zero-order chi connectivity index (χ0) is 11.1. The van der Waals surface area contributed by atoms with Crippen LogP contribution < -0.4 is 10.6 Å². The lowest BCUT2D eigenvalue weighted by molar-refractivity contribution is -0.120. The van der Waals surface area contributed by atoms with E-state index in [1.165, 1.54) is 12.8 Å². The van der Waals surface area contributed by atoms with Gasteiger partial charge in [-0.05, 0) is 19.8 Å². The number of aliphatic hydroxyl groups is 1. The molecule has 0 aliphatic heterocycles. The first kappa shape index (κ1) is 12.5.